The molecule has 1 fully saturated rings. The van der Waals surface area contributed by atoms with E-state index in [1.165, 1.54) is 21.6 Å². The normalized spacial score (nSPS) is 20.5. The van der Waals surface area contributed by atoms with Gasteiger partial charge < -0.3 is 9.80 Å². The summed E-state index contributed by atoms with van der Waals surface area (Å²) >= 11 is 13.4. The first-order valence-electron chi connectivity index (χ1n) is 9.11. The summed E-state index contributed by atoms with van der Waals surface area (Å²) < 4.78 is 0. The van der Waals surface area contributed by atoms with E-state index in [9.17, 15) is 14.4 Å². The molecule has 6 nitrogen and oxygen atoms in total. The smallest absolute Gasteiger partial charge is 0.314 e. The minimum absolute atomic E-state index is 0.182. The van der Waals surface area contributed by atoms with Crippen molar-refractivity contribution < 1.29 is 14.4 Å². The van der Waals surface area contributed by atoms with Crippen LogP contribution in [0.25, 0.3) is 0 Å². The Bertz CT molecular complexity index is 1060. The van der Waals surface area contributed by atoms with E-state index in [2.05, 4.69) is 0 Å². The number of carbonyl (C=O) groups excluding carboxylic acids is 3. The molecule has 2 aliphatic rings. The van der Waals surface area contributed by atoms with Crippen LogP contribution < -0.4 is 9.80 Å². The summed E-state index contributed by atoms with van der Waals surface area (Å²) in [4.78, 5) is 43.2. The highest BCUT2D eigenvalue weighted by Crippen LogP contribution is 2.36. The number of amides is 4. The fraction of sp³-hybridized carbons (Fsp3) is 0.190. The molecule has 2 aromatic rings. The first kappa shape index (κ1) is 20.8. The van der Waals surface area contributed by atoms with Crippen LogP contribution in [0.3, 0.4) is 0 Å². The summed E-state index contributed by atoms with van der Waals surface area (Å²) in [6.07, 6.45) is 1.78. The molecule has 0 N–H and O–H groups in total. The van der Waals surface area contributed by atoms with E-state index in [1.54, 1.807) is 67.1 Å². The number of benzene rings is 2. The third-order valence-corrected chi connectivity index (χ3v) is 6.57. The maximum absolute atomic E-state index is 13.3. The molecule has 0 bridgehead atoms. The van der Waals surface area contributed by atoms with Crippen LogP contribution in [-0.4, -0.2) is 47.6 Å². The summed E-state index contributed by atoms with van der Waals surface area (Å²) in [5.74, 6) is -0.621. The van der Waals surface area contributed by atoms with Gasteiger partial charge in [0.1, 0.15) is 11.8 Å². The van der Waals surface area contributed by atoms with Gasteiger partial charge in [0, 0.05) is 22.8 Å². The van der Waals surface area contributed by atoms with Gasteiger partial charge in [-0.3, -0.25) is 9.59 Å². The van der Waals surface area contributed by atoms with E-state index in [1.807, 2.05) is 0 Å². The Balaban J connectivity index is 1.62. The molecule has 0 aromatic heterocycles. The van der Waals surface area contributed by atoms with Crippen LogP contribution in [0, 0.1) is 0 Å². The lowest BCUT2D eigenvalue weighted by Crippen LogP contribution is -2.63. The molecule has 154 valence electrons. The number of likely N-dealkylation sites (N-methyl/N-ethyl adjacent to an activating group) is 1. The van der Waals surface area contributed by atoms with Crippen molar-refractivity contribution in [3.63, 3.8) is 0 Å². The highest BCUT2D eigenvalue weighted by molar-refractivity contribution is 8.03. The number of hydrogen-bond acceptors (Lipinski definition) is 4. The fourth-order valence-electron chi connectivity index (χ4n) is 3.45. The van der Waals surface area contributed by atoms with Crippen LogP contribution in [0.15, 0.2) is 60.0 Å². The van der Waals surface area contributed by atoms with Gasteiger partial charge >= 0.3 is 6.03 Å². The van der Waals surface area contributed by atoms with Crippen molar-refractivity contribution in [3.8, 4) is 0 Å². The van der Waals surface area contributed by atoms with Crippen LogP contribution in [0.4, 0.5) is 16.2 Å². The number of halogens is 2. The molecule has 30 heavy (non-hydrogen) atoms. The molecule has 0 spiro atoms. The van der Waals surface area contributed by atoms with E-state index in [-0.39, 0.29) is 18.4 Å². The molecule has 9 heteroatoms. The van der Waals surface area contributed by atoms with E-state index < -0.39 is 17.3 Å². The average molecular weight is 462 g/mol. The highest BCUT2D eigenvalue weighted by atomic mass is 35.5. The van der Waals surface area contributed by atoms with Crippen LogP contribution in [0.2, 0.25) is 10.0 Å². The zero-order chi connectivity index (χ0) is 21.4. The second-order valence-electron chi connectivity index (χ2n) is 6.87. The number of carbonyl (C=O) groups is 3. The molecule has 0 radical (unpaired) electrons. The van der Waals surface area contributed by atoms with Crippen molar-refractivity contribution in [2.24, 2.45) is 0 Å². The third-order valence-electron chi connectivity index (χ3n) is 5.01. The molecular weight excluding hydrogens is 445 g/mol. The number of hydrogen-bond donors (Lipinski definition) is 0. The highest BCUT2D eigenvalue weighted by Gasteiger charge is 2.48. The number of nitrogens with zero attached hydrogens (tertiary/aromatic N) is 3. The van der Waals surface area contributed by atoms with Gasteiger partial charge in [-0.25, -0.2) is 9.69 Å². The van der Waals surface area contributed by atoms with Crippen molar-refractivity contribution in [1.82, 2.24) is 4.90 Å². The minimum atomic E-state index is -0.552. The average Bonchev–Trinajstić information content (AvgIpc) is 3.21. The van der Waals surface area contributed by atoms with Crippen LogP contribution in [0.1, 0.15) is 0 Å². The maximum atomic E-state index is 13.3. The molecule has 4 rings (SSSR count). The molecule has 2 unspecified atom stereocenters. The largest absolute Gasteiger partial charge is 0.332 e. The quantitative estimate of drug-likeness (QED) is 0.675. The number of rotatable bonds is 4. The van der Waals surface area contributed by atoms with Gasteiger partial charge in [-0.1, -0.05) is 41.4 Å². The number of urea groups is 1. The standard InChI is InChI=1S/C21H17Cl2N3O3S/c1-24(15-6-2-4-13(22)10-15)18(27)12-25-17-8-9-30-19(17)20(28)26(21(25)29)16-7-3-5-14(23)11-16/h2-11,17,19H,12H2,1H3. The lowest BCUT2D eigenvalue weighted by Gasteiger charge is -2.41. The van der Waals surface area contributed by atoms with E-state index in [4.69, 9.17) is 23.2 Å². The monoisotopic (exact) mass is 461 g/mol. The molecule has 2 aliphatic heterocycles. The third kappa shape index (κ3) is 3.80. The van der Waals surface area contributed by atoms with E-state index in [0.717, 1.165) is 4.90 Å². The number of fused-ring (bicyclic) bond motifs is 1. The Labute approximate surface area is 188 Å². The predicted octanol–water partition coefficient (Wildman–Crippen LogP) is 4.42. The van der Waals surface area contributed by atoms with Crippen molar-refractivity contribution in [2.45, 2.75) is 11.3 Å². The Hall–Kier alpha value is -2.48. The van der Waals surface area contributed by atoms with Gasteiger partial charge in [-0.15, -0.1) is 11.8 Å². The van der Waals surface area contributed by atoms with E-state index >= 15 is 0 Å². The first-order chi connectivity index (χ1) is 14.4. The zero-order valence-corrected chi connectivity index (χ0v) is 18.2. The van der Waals surface area contributed by atoms with Gasteiger partial charge in [-0.2, -0.15) is 0 Å². The Morgan fingerprint density at radius 1 is 1.10 bits per heavy atom. The number of anilines is 2. The number of thioether (sulfide) groups is 1. The summed E-state index contributed by atoms with van der Waals surface area (Å²) in [5.41, 5.74) is 0.997. The second kappa shape index (κ2) is 8.34. The Morgan fingerprint density at radius 3 is 2.50 bits per heavy atom. The minimum Gasteiger partial charge on any atom is -0.314 e. The van der Waals surface area contributed by atoms with Crippen molar-refractivity contribution in [3.05, 3.63) is 70.1 Å². The second-order valence-corrected chi connectivity index (χ2v) is 8.80. The number of imide groups is 1. The molecule has 2 atom stereocenters. The Morgan fingerprint density at radius 2 is 1.80 bits per heavy atom. The lowest BCUT2D eigenvalue weighted by atomic mass is 10.1. The fourth-order valence-corrected chi connectivity index (χ4v) is 4.86. The van der Waals surface area contributed by atoms with Gasteiger partial charge in [0.05, 0.1) is 11.7 Å². The molecule has 2 heterocycles. The summed E-state index contributed by atoms with van der Waals surface area (Å²) in [6.45, 7) is -0.182. The summed E-state index contributed by atoms with van der Waals surface area (Å²) in [6, 6.07) is 12.4. The van der Waals surface area contributed by atoms with Gasteiger partial charge in [0.25, 0.3) is 5.91 Å². The molecule has 1 saturated heterocycles. The van der Waals surface area contributed by atoms with Crippen LogP contribution >= 0.6 is 35.0 Å². The van der Waals surface area contributed by atoms with Crippen molar-refractivity contribution in [2.75, 3.05) is 23.4 Å². The SMILES string of the molecule is CN(C(=O)CN1C(=O)N(c2cccc(Cl)c2)C(=O)C2SC=CC21)c1cccc(Cl)c1. The topological polar surface area (TPSA) is 60.9 Å². The van der Waals surface area contributed by atoms with Crippen LogP contribution in [0.5, 0.6) is 0 Å². The lowest BCUT2D eigenvalue weighted by molar-refractivity contribution is -0.122. The van der Waals surface area contributed by atoms with Crippen molar-refractivity contribution >= 4 is 64.2 Å². The summed E-state index contributed by atoms with van der Waals surface area (Å²) in [5, 5.41) is 2.20. The maximum Gasteiger partial charge on any atom is 0.332 e. The Kier molecular flexibility index (Phi) is 5.77. The molecular formula is C21H17Cl2N3O3S. The van der Waals surface area contributed by atoms with E-state index in [0.29, 0.717) is 21.4 Å². The van der Waals surface area contributed by atoms with Gasteiger partial charge in [0.2, 0.25) is 5.91 Å². The van der Waals surface area contributed by atoms with Crippen LogP contribution in [-0.2, 0) is 9.59 Å². The predicted molar refractivity (Wildman–Crippen MR) is 120 cm³/mol. The first-order valence-corrected chi connectivity index (χ1v) is 10.8. The van der Waals surface area contributed by atoms with Crippen molar-refractivity contribution in [1.29, 1.82) is 0 Å². The molecule has 2 aromatic carbocycles. The zero-order valence-electron chi connectivity index (χ0n) is 15.9. The van der Waals surface area contributed by atoms with Gasteiger partial charge in [0.15, 0.2) is 0 Å². The molecule has 0 aliphatic carbocycles. The molecule has 4 amide bonds. The molecule has 0 saturated carbocycles. The summed E-state index contributed by atoms with van der Waals surface area (Å²) in [7, 11) is 1.62. The van der Waals surface area contributed by atoms with Gasteiger partial charge in [-0.05, 0) is 41.8 Å².